The summed E-state index contributed by atoms with van der Waals surface area (Å²) in [6.07, 6.45) is 4.92. The number of hydrogen-bond acceptors (Lipinski definition) is 4. The fourth-order valence-corrected chi connectivity index (χ4v) is 4.04. The summed E-state index contributed by atoms with van der Waals surface area (Å²) < 4.78 is 7.43. The molecule has 1 aliphatic rings. The number of benzene rings is 1. The Kier molecular flexibility index (Phi) is 5.39. The molecule has 0 radical (unpaired) electrons. The number of methoxy groups -OCH3 is 1. The lowest BCUT2D eigenvalue weighted by Gasteiger charge is -2.17. The van der Waals surface area contributed by atoms with Crippen LogP contribution in [0.15, 0.2) is 29.4 Å². The van der Waals surface area contributed by atoms with Gasteiger partial charge in [-0.15, -0.1) is 10.2 Å². The minimum atomic E-state index is 0.478. The van der Waals surface area contributed by atoms with Gasteiger partial charge in [0.1, 0.15) is 0 Å². The minimum absolute atomic E-state index is 0.478. The van der Waals surface area contributed by atoms with Crippen LogP contribution in [0.25, 0.3) is 11.4 Å². The van der Waals surface area contributed by atoms with Crippen LogP contribution in [0.3, 0.4) is 0 Å². The fraction of sp³-hybridized carbons (Fsp3) is 0.500. The van der Waals surface area contributed by atoms with Gasteiger partial charge in [-0.25, -0.2) is 0 Å². The third kappa shape index (κ3) is 3.31. The molecule has 2 aromatic rings. The van der Waals surface area contributed by atoms with E-state index in [1.807, 2.05) is 24.3 Å². The van der Waals surface area contributed by atoms with Gasteiger partial charge in [0, 0.05) is 24.5 Å². The van der Waals surface area contributed by atoms with Gasteiger partial charge in [-0.3, -0.25) is 4.57 Å². The highest BCUT2D eigenvalue weighted by Crippen LogP contribution is 2.38. The van der Waals surface area contributed by atoms with Crippen molar-refractivity contribution in [3.05, 3.63) is 29.3 Å². The average Bonchev–Trinajstić information content (AvgIpc) is 3.17. The van der Waals surface area contributed by atoms with E-state index in [0.717, 1.165) is 27.3 Å². The molecular weight excluding hydrogens is 318 g/mol. The Balaban J connectivity index is 1.97. The van der Waals surface area contributed by atoms with E-state index in [2.05, 4.69) is 14.8 Å². The highest BCUT2D eigenvalue weighted by molar-refractivity contribution is 7.99. The largest absolute Gasteiger partial charge is 0.384 e. The maximum Gasteiger partial charge on any atom is 0.191 e. The Labute approximate surface area is 140 Å². The van der Waals surface area contributed by atoms with Crippen LogP contribution in [0.1, 0.15) is 31.7 Å². The van der Waals surface area contributed by atoms with Gasteiger partial charge in [0.05, 0.1) is 11.6 Å². The Morgan fingerprint density at radius 1 is 1.27 bits per heavy atom. The Morgan fingerprint density at radius 3 is 2.77 bits per heavy atom. The first-order valence-corrected chi connectivity index (χ1v) is 8.99. The number of rotatable bonds is 6. The molecule has 6 heteroatoms. The predicted octanol–water partition coefficient (Wildman–Crippen LogP) is 4.45. The molecule has 0 aliphatic heterocycles. The van der Waals surface area contributed by atoms with Gasteiger partial charge in [0.2, 0.25) is 0 Å². The summed E-state index contributed by atoms with van der Waals surface area (Å²) >= 11 is 8.07. The van der Waals surface area contributed by atoms with E-state index in [1.54, 1.807) is 18.9 Å². The van der Waals surface area contributed by atoms with Gasteiger partial charge >= 0.3 is 0 Å². The van der Waals surface area contributed by atoms with Crippen molar-refractivity contribution < 1.29 is 4.74 Å². The van der Waals surface area contributed by atoms with Gasteiger partial charge in [0.15, 0.2) is 11.0 Å². The van der Waals surface area contributed by atoms with Gasteiger partial charge in [0.25, 0.3) is 0 Å². The van der Waals surface area contributed by atoms with E-state index in [9.17, 15) is 0 Å². The van der Waals surface area contributed by atoms with Crippen molar-refractivity contribution in [1.29, 1.82) is 0 Å². The lowest BCUT2D eigenvalue weighted by Crippen LogP contribution is -2.09. The normalized spacial score (nSPS) is 15.5. The summed E-state index contributed by atoms with van der Waals surface area (Å²) in [5.41, 5.74) is 0.960. The van der Waals surface area contributed by atoms with Crippen molar-refractivity contribution in [3.63, 3.8) is 0 Å². The number of thioether (sulfide) groups is 1. The number of hydrogen-bond donors (Lipinski definition) is 0. The second kappa shape index (κ2) is 7.49. The summed E-state index contributed by atoms with van der Waals surface area (Å²) in [4.78, 5) is 0. The van der Waals surface area contributed by atoms with Crippen LogP contribution in [0.4, 0.5) is 0 Å². The van der Waals surface area contributed by atoms with E-state index in [0.29, 0.717) is 12.6 Å². The van der Waals surface area contributed by atoms with Crippen LogP contribution in [0.2, 0.25) is 5.02 Å². The molecule has 1 aliphatic carbocycles. The molecule has 0 N–H and O–H groups in total. The molecule has 0 unspecified atom stereocenters. The average molecular weight is 338 g/mol. The molecule has 1 aromatic carbocycles. The highest BCUT2D eigenvalue weighted by Gasteiger charge is 2.25. The molecule has 1 fully saturated rings. The standard InChI is InChI=1S/C16H20ClN3OS/c1-21-10-11-22-16-19-18-15(13-8-4-5-9-14(13)17)20(16)12-6-2-3-7-12/h4-5,8-9,12H,2-3,6-7,10-11H2,1H3. The zero-order valence-electron chi connectivity index (χ0n) is 12.7. The summed E-state index contributed by atoms with van der Waals surface area (Å²) in [5, 5.41) is 10.5. The minimum Gasteiger partial charge on any atom is -0.384 e. The molecule has 1 aromatic heterocycles. The van der Waals surface area contributed by atoms with E-state index in [4.69, 9.17) is 16.3 Å². The van der Waals surface area contributed by atoms with Crippen molar-refractivity contribution in [2.24, 2.45) is 0 Å². The topological polar surface area (TPSA) is 39.9 Å². The van der Waals surface area contributed by atoms with Gasteiger partial charge < -0.3 is 4.74 Å². The summed E-state index contributed by atoms with van der Waals surface area (Å²) in [7, 11) is 1.72. The SMILES string of the molecule is COCCSc1nnc(-c2ccccc2Cl)n1C1CCCC1. The number of ether oxygens (including phenoxy) is 1. The van der Waals surface area contributed by atoms with Crippen molar-refractivity contribution in [3.8, 4) is 11.4 Å². The molecule has 0 spiro atoms. The lowest BCUT2D eigenvalue weighted by atomic mass is 10.2. The first-order valence-electron chi connectivity index (χ1n) is 7.63. The third-order valence-electron chi connectivity index (χ3n) is 3.99. The smallest absolute Gasteiger partial charge is 0.191 e. The van der Waals surface area contributed by atoms with Crippen LogP contribution in [0.5, 0.6) is 0 Å². The summed E-state index contributed by atoms with van der Waals surface area (Å²) in [6.45, 7) is 0.712. The van der Waals surface area contributed by atoms with Crippen LogP contribution in [-0.2, 0) is 4.74 Å². The van der Waals surface area contributed by atoms with Gasteiger partial charge in [-0.1, -0.05) is 48.3 Å². The Hall–Kier alpha value is -1.04. The van der Waals surface area contributed by atoms with E-state index in [-0.39, 0.29) is 0 Å². The van der Waals surface area contributed by atoms with Crippen LogP contribution >= 0.6 is 23.4 Å². The highest BCUT2D eigenvalue weighted by atomic mass is 35.5. The van der Waals surface area contributed by atoms with E-state index >= 15 is 0 Å². The molecule has 118 valence electrons. The van der Waals surface area contributed by atoms with Crippen LogP contribution < -0.4 is 0 Å². The Morgan fingerprint density at radius 2 is 2.05 bits per heavy atom. The fourth-order valence-electron chi connectivity index (χ4n) is 2.91. The molecule has 1 heterocycles. The zero-order chi connectivity index (χ0) is 15.4. The predicted molar refractivity (Wildman–Crippen MR) is 90.6 cm³/mol. The van der Waals surface area contributed by atoms with E-state index < -0.39 is 0 Å². The lowest BCUT2D eigenvalue weighted by molar-refractivity contribution is 0.218. The number of aromatic nitrogens is 3. The molecule has 0 saturated heterocycles. The van der Waals surface area contributed by atoms with E-state index in [1.165, 1.54) is 25.7 Å². The molecule has 0 amide bonds. The maximum absolute atomic E-state index is 6.37. The molecular formula is C16H20ClN3OS. The summed E-state index contributed by atoms with van der Waals surface area (Å²) in [5.74, 6) is 1.77. The second-order valence-corrected chi connectivity index (χ2v) is 6.90. The maximum atomic E-state index is 6.37. The summed E-state index contributed by atoms with van der Waals surface area (Å²) in [6, 6.07) is 8.33. The molecule has 22 heavy (non-hydrogen) atoms. The zero-order valence-corrected chi connectivity index (χ0v) is 14.2. The number of nitrogens with zero attached hydrogens (tertiary/aromatic N) is 3. The van der Waals surface area contributed by atoms with Crippen molar-refractivity contribution in [1.82, 2.24) is 14.8 Å². The Bertz CT molecular complexity index is 626. The monoisotopic (exact) mass is 337 g/mol. The second-order valence-electron chi connectivity index (χ2n) is 5.44. The van der Waals surface area contributed by atoms with Crippen molar-refractivity contribution in [2.75, 3.05) is 19.5 Å². The molecule has 4 nitrogen and oxygen atoms in total. The molecule has 0 atom stereocenters. The van der Waals surface area contributed by atoms with Crippen LogP contribution in [-0.4, -0.2) is 34.2 Å². The molecule has 3 rings (SSSR count). The van der Waals surface area contributed by atoms with Gasteiger partial charge in [-0.2, -0.15) is 0 Å². The van der Waals surface area contributed by atoms with Gasteiger partial charge in [-0.05, 0) is 25.0 Å². The number of halogens is 1. The molecule has 1 saturated carbocycles. The van der Waals surface area contributed by atoms with Crippen LogP contribution in [0, 0.1) is 0 Å². The van der Waals surface area contributed by atoms with Crippen molar-refractivity contribution in [2.45, 2.75) is 36.9 Å². The quantitative estimate of drug-likeness (QED) is 0.576. The first kappa shape index (κ1) is 15.8. The molecule has 0 bridgehead atoms. The third-order valence-corrected chi connectivity index (χ3v) is 5.22. The first-order chi connectivity index (χ1) is 10.8. The van der Waals surface area contributed by atoms with Crippen molar-refractivity contribution >= 4 is 23.4 Å².